The van der Waals surface area contributed by atoms with Crippen LogP contribution in [0.2, 0.25) is 0 Å². The smallest absolute Gasteiger partial charge is 0.425 e. The van der Waals surface area contributed by atoms with Crippen molar-refractivity contribution in [3.05, 3.63) is 75.7 Å². The van der Waals surface area contributed by atoms with E-state index in [1.807, 2.05) is 6.92 Å². The number of carbonyl (C=O) groups excluding carboxylic acids is 2. The van der Waals surface area contributed by atoms with Gasteiger partial charge in [0.2, 0.25) is 5.91 Å². The number of amides is 2. The summed E-state index contributed by atoms with van der Waals surface area (Å²) in [7, 11) is 0. The Kier molecular flexibility index (Phi) is 13.9. The first-order chi connectivity index (χ1) is 25.7. The highest BCUT2D eigenvalue weighted by atomic mass is 32.1. The summed E-state index contributed by atoms with van der Waals surface area (Å²) in [5.74, 6) is -2.50. The Balaban J connectivity index is 0.000000583. The van der Waals surface area contributed by atoms with E-state index in [1.165, 1.54) is 4.90 Å². The molecular formula is C38H45F6N3O7S. The number of halogens is 6. The molecule has 3 N–H and O–H groups in total. The summed E-state index contributed by atoms with van der Waals surface area (Å²) in [6.45, 7) is 5.77. The number of aliphatic hydroxyl groups is 1. The van der Waals surface area contributed by atoms with Crippen molar-refractivity contribution in [3.8, 4) is 11.5 Å². The molecule has 3 unspecified atom stereocenters. The number of ether oxygens (including phenoxy) is 1. The van der Waals surface area contributed by atoms with Crippen LogP contribution in [0.3, 0.4) is 0 Å². The highest BCUT2D eigenvalue weighted by Crippen LogP contribution is 2.40. The van der Waals surface area contributed by atoms with Gasteiger partial charge >= 0.3 is 18.3 Å². The van der Waals surface area contributed by atoms with E-state index in [4.69, 9.17) is 9.84 Å². The van der Waals surface area contributed by atoms with Crippen LogP contribution >= 0.6 is 11.3 Å². The van der Waals surface area contributed by atoms with Crippen molar-refractivity contribution in [2.75, 3.05) is 26.2 Å². The number of rotatable bonds is 9. The lowest BCUT2D eigenvalue weighted by Crippen LogP contribution is -2.54. The number of alkyl halides is 6. The number of likely N-dealkylation sites (tertiary alicyclic amines) is 2. The standard InChI is InChI=1S/C33H42F3N3O6.C5H3F3OS/c1-4-9-26-22(10-7-18-39(26)29(41)23-20-37-16-13-24(23)33(34,35)36)28(40)38-17-8-14-32(44,15-19-38)25-11-5-6-12-27(25)45-21-31(2,3)30(42)43;6-5(7,8)4-1-3(9)2-10-4/h5-6,11-13,16,20,22,26,44H,4,7-10,14-15,17-19,21H2,1-3H3,(H,42,43);1-2,9H. The molecule has 2 aromatic heterocycles. The van der Waals surface area contributed by atoms with Crippen LogP contribution in [0.5, 0.6) is 11.5 Å². The summed E-state index contributed by atoms with van der Waals surface area (Å²) in [6, 6.07) is 7.87. The maximum atomic E-state index is 14.0. The normalized spacial score (nSPS) is 20.9. The van der Waals surface area contributed by atoms with Gasteiger partial charge in [-0.3, -0.25) is 19.4 Å². The molecule has 17 heteroatoms. The zero-order valence-corrected chi connectivity index (χ0v) is 31.4. The van der Waals surface area contributed by atoms with Crippen LogP contribution in [0.15, 0.2) is 54.2 Å². The fourth-order valence-electron chi connectivity index (χ4n) is 6.83. The topological polar surface area (TPSA) is 140 Å². The lowest BCUT2D eigenvalue weighted by molar-refractivity contribution is -0.148. The summed E-state index contributed by atoms with van der Waals surface area (Å²) in [5, 5.41) is 30.9. The number of benzene rings is 1. The number of thiophene rings is 1. The number of aliphatic carboxylic acids is 1. The van der Waals surface area contributed by atoms with E-state index in [1.54, 1.807) is 43.0 Å². The number of para-hydroxylation sites is 1. The fraction of sp³-hybridized carbons (Fsp3) is 0.526. The van der Waals surface area contributed by atoms with Crippen molar-refractivity contribution >= 4 is 29.1 Å². The second-order valence-electron chi connectivity index (χ2n) is 14.4. The van der Waals surface area contributed by atoms with E-state index in [2.05, 4.69) is 4.98 Å². The number of pyridine rings is 1. The molecule has 0 radical (unpaired) electrons. The van der Waals surface area contributed by atoms with Gasteiger partial charge in [-0.05, 0) is 64.5 Å². The summed E-state index contributed by atoms with van der Waals surface area (Å²) >= 11 is 0.481. The third kappa shape index (κ3) is 10.7. The average Bonchev–Trinajstić information content (AvgIpc) is 3.49. The molecular weight excluding hydrogens is 756 g/mol. The predicted molar refractivity (Wildman–Crippen MR) is 190 cm³/mol. The van der Waals surface area contributed by atoms with Crippen molar-refractivity contribution in [2.45, 2.75) is 89.7 Å². The number of carboxylic acid groups (broad SMARTS) is 1. The minimum atomic E-state index is -4.72. The molecule has 0 saturated carbocycles. The monoisotopic (exact) mass is 801 g/mol. The van der Waals surface area contributed by atoms with Crippen LogP contribution < -0.4 is 4.74 Å². The van der Waals surface area contributed by atoms with Gasteiger partial charge in [0.05, 0.1) is 28.1 Å². The molecule has 2 aliphatic rings. The van der Waals surface area contributed by atoms with E-state index < -0.39 is 63.2 Å². The van der Waals surface area contributed by atoms with Crippen LogP contribution in [0.25, 0.3) is 0 Å². The zero-order chi connectivity index (χ0) is 40.8. The van der Waals surface area contributed by atoms with Gasteiger partial charge in [0.15, 0.2) is 0 Å². The van der Waals surface area contributed by atoms with Crippen molar-refractivity contribution in [3.63, 3.8) is 0 Å². The maximum Gasteiger partial charge on any atom is 0.425 e. The molecule has 3 aromatic rings. The molecule has 4 heterocycles. The minimum Gasteiger partial charge on any atom is -0.507 e. The molecule has 10 nitrogen and oxygen atoms in total. The molecule has 2 aliphatic heterocycles. The first-order valence-electron chi connectivity index (χ1n) is 17.8. The Morgan fingerprint density at radius 1 is 1.00 bits per heavy atom. The number of aromatic nitrogens is 1. The number of carbonyl (C=O) groups is 3. The van der Waals surface area contributed by atoms with E-state index in [0.717, 1.165) is 23.8 Å². The van der Waals surface area contributed by atoms with Gasteiger partial charge in [-0.1, -0.05) is 31.5 Å². The quantitative estimate of drug-likeness (QED) is 0.185. The summed E-state index contributed by atoms with van der Waals surface area (Å²) < 4.78 is 82.2. The molecule has 1 aromatic carbocycles. The van der Waals surface area contributed by atoms with E-state index in [0.29, 0.717) is 73.8 Å². The van der Waals surface area contributed by atoms with Crippen molar-refractivity contribution in [1.82, 2.24) is 14.8 Å². The van der Waals surface area contributed by atoms with Crippen LogP contribution in [0.1, 0.15) is 92.1 Å². The molecule has 0 aliphatic carbocycles. The van der Waals surface area contributed by atoms with Crippen LogP contribution in [-0.2, 0) is 27.5 Å². The molecule has 302 valence electrons. The Hall–Kier alpha value is -4.38. The molecule has 2 saturated heterocycles. The van der Waals surface area contributed by atoms with Gasteiger partial charge in [-0.2, -0.15) is 26.3 Å². The maximum absolute atomic E-state index is 14.0. The number of nitrogens with zero attached hydrogens (tertiary/aromatic N) is 3. The lowest BCUT2D eigenvalue weighted by atomic mass is 9.84. The Labute approximate surface area is 318 Å². The van der Waals surface area contributed by atoms with Gasteiger partial charge in [0.1, 0.15) is 23.0 Å². The van der Waals surface area contributed by atoms with E-state index >= 15 is 0 Å². The number of piperidine rings is 1. The number of carboxylic acids is 1. The second kappa shape index (κ2) is 17.6. The third-order valence-electron chi connectivity index (χ3n) is 9.84. The summed E-state index contributed by atoms with van der Waals surface area (Å²) in [5.41, 5.74) is -3.51. The first-order valence-corrected chi connectivity index (χ1v) is 18.7. The third-order valence-corrected chi connectivity index (χ3v) is 10.8. The molecule has 0 spiro atoms. The minimum absolute atomic E-state index is 0.0980. The Morgan fingerprint density at radius 3 is 2.31 bits per heavy atom. The Morgan fingerprint density at radius 2 is 1.71 bits per heavy atom. The highest BCUT2D eigenvalue weighted by Gasteiger charge is 2.44. The van der Waals surface area contributed by atoms with E-state index in [9.17, 15) is 50.9 Å². The first kappa shape index (κ1) is 43.3. The lowest BCUT2D eigenvalue weighted by Gasteiger charge is -2.42. The number of hydrogen-bond acceptors (Lipinski definition) is 8. The van der Waals surface area contributed by atoms with Gasteiger partial charge in [-0.25, -0.2) is 0 Å². The van der Waals surface area contributed by atoms with Crippen LogP contribution in [0, 0.1) is 11.3 Å². The molecule has 3 atom stereocenters. The fourth-order valence-corrected chi connectivity index (χ4v) is 7.47. The molecule has 5 rings (SSSR count). The van der Waals surface area contributed by atoms with Crippen molar-refractivity contribution in [1.29, 1.82) is 0 Å². The average molecular weight is 802 g/mol. The summed E-state index contributed by atoms with van der Waals surface area (Å²) in [4.78, 5) is 45.3. The van der Waals surface area contributed by atoms with Gasteiger partial charge in [-0.15, -0.1) is 11.3 Å². The molecule has 2 amide bonds. The zero-order valence-electron chi connectivity index (χ0n) is 30.6. The molecule has 55 heavy (non-hydrogen) atoms. The van der Waals surface area contributed by atoms with Gasteiger partial charge in [0.25, 0.3) is 5.91 Å². The highest BCUT2D eigenvalue weighted by molar-refractivity contribution is 7.10. The summed E-state index contributed by atoms with van der Waals surface area (Å²) in [6.07, 6.45) is -4.01. The second-order valence-corrected chi connectivity index (χ2v) is 15.3. The SMILES string of the molecule is CCCC1C(C(=O)N2CCCC(O)(c3ccccc3OCC(C)(C)C(=O)O)CC2)CCCN1C(=O)c1cnccc1C(F)(F)F.Oc1csc(C(F)(F)F)c1. The molecule has 0 bridgehead atoms. The van der Waals surface area contributed by atoms with Crippen LogP contribution in [0.4, 0.5) is 26.3 Å². The van der Waals surface area contributed by atoms with Crippen molar-refractivity contribution < 1.29 is 60.8 Å². The largest absolute Gasteiger partial charge is 0.507 e. The van der Waals surface area contributed by atoms with E-state index in [-0.39, 0.29) is 37.8 Å². The van der Waals surface area contributed by atoms with Gasteiger partial charge < -0.3 is 29.9 Å². The number of hydrogen-bond donors (Lipinski definition) is 3. The van der Waals surface area contributed by atoms with Crippen LogP contribution in [-0.4, -0.2) is 80.2 Å². The predicted octanol–water partition coefficient (Wildman–Crippen LogP) is 7.98. The molecule has 2 fully saturated rings. The Bertz CT molecular complexity index is 1800. The van der Waals surface area contributed by atoms with Crippen molar-refractivity contribution in [2.24, 2.45) is 11.3 Å². The van der Waals surface area contributed by atoms with Gasteiger partial charge in [0, 0.05) is 55.1 Å². The number of aromatic hydroxyl groups is 1.